The second-order valence-electron chi connectivity index (χ2n) is 8.69. The topological polar surface area (TPSA) is 21.7 Å². The molecule has 2 heterocycles. The first kappa shape index (κ1) is 18.4. The summed E-state index contributed by atoms with van der Waals surface area (Å²) in [7, 11) is 2.06. The number of fused-ring (bicyclic) bond motifs is 1. The van der Waals surface area contributed by atoms with Crippen LogP contribution in [0.25, 0.3) is 27.8 Å². The van der Waals surface area contributed by atoms with Gasteiger partial charge in [-0.25, -0.2) is 4.98 Å². The first-order valence-electron chi connectivity index (χ1n) is 9.80. The van der Waals surface area contributed by atoms with Crippen LogP contribution in [-0.4, -0.2) is 9.55 Å². The minimum absolute atomic E-state index is 0.0493. The smallest absolute Gasteiger partial charge is 0.214 e. The molecule has 0 fully saturated rings. The van der Waals surface area contributed by atoms with Crippen LogP contribution in [0.1, 0.15) is 37.6 Å². The number of aryl methyl sites for hydroxylation is 2. The Kier molecular flexibility index (Phi) is 4.34. The van der Waals surface area contributed by atoms with E-state index < -0.39 is 0 Å². The summed E-state index contributed by atoms with van der Waals surface area (Å²) in [6, 6.07) is 15.4. The largest absolute Gasteiger partial charge is 0.334 e. The van der Waals surface area contributed by atoms with Crippen LogP contribution in [0.5, 0.6) is 0 Å². The Hall–Kier alpha value is -2.94. The molecule has 2 aromatic carbocycles. The second kappa shape index (κ2) is 6.59. The molecule has 3 heteroatoms. The van der Waals surface area contributed by atoms with Crippen molar-refractivity contribution in [3.8, 4) is 17.1 Å². The highest BCUT2D eigenvalue weighted by atomic mass is 15.0. The third-order valence-electron chi connectivity index (χ3n) is 5.58. The summed E-state index contributed by atoms with van der Waals surface area (Å²) in [4.78, 5) is 4.63. The zero-order valence-electron chi connectivity index (χ0n) is 17.6. The number of aromatic nitrogens is 3. The van der Waals surface area contributed by atoms with Gasteiger partial charge in [0, 0.05) is 55.0 Å². The number of nitrogens with zero attached hydrogens (tertiary/aromatic N) is 3. The molecule has 4 aromatic rings. The van der Waals surface area contributed by atoms with Crippen molar-refractivity contribution in [2.24, 2.45) is 7.05 Å². The van der Waals surface area contributed by atoms with E-state index in [-0.39, 0.29) is 5.41 Å². The molecule has 0 unspecified atom stereocenters. The molecule has 0 aliphatic rings. The highest BCUT2D eigenvalue weighted by molar-refractivity contribution is 5.81. The lowest BCUT2D eigenvalue weighted by atomic mass is 9.84. The minimum atomic E-state index is 0.0493. The Morgan fingerprint density at radius 3 is 2.32 bits per heavy atom. The summed E-state index contributed by atoms with van der Waals surface area (Å²) < 4.78 is 4.41. The van der Waals surface area contributed by atoms with Gasteiger partial charge in [-0.05, 0) is 35.4 Å². The molecule has 2 aromatic heterocycles. The van der Waals surface area contributed by atoms with Gasteiger partial charge in [0.15, 0.2) is 11.9 Å². The summed E-state index contributed by atoms with van der Waals surface area (Å²) >= 11 is 0. The van der Waals surface area contributed by atoms with Crippen LogP contribution in [0.4, 0.5) is 0 Å². The molecule has 0 bridgehead atoms. The molecule has 28 heavy (non-hydrogen) atoms. The van der Waals surface area contributed by atoms with Gasteiger partial charge in [-0.1, -0.05) is 39.0 Å². The van der Waals surface area contributed by atoms with Crippen LogP contribution < -0.4 is 4.57 Å². The Morgan fingerprint density at radius 2 is 1.68 bits per heavy atom. The number of rotatable bonds is 2. The van der Waals surface area contributed by atoms with Crippen molar-refractivity contribution >= 4 is 10.8 Å². The average molecular weight is 371 g/mol. The third kappa shape index (κ3) is 3.11. The fourth-order valence-electron chi connectivity index (χ4n) is 3.79. The first-order valence-corrected chi connectivity index (χ1v) is 9.80. The van der Waals surface area contributed by atoms with Crippen molar-refractivity contribution in [1.29, 1.82) is 0 Å². The SMILES string of the molecule is Cc1c(-c2nccn2C)cc(C(C)(C)C)cc1-[n+]1cc2ccccc2cc1C. The van der Waals surface area contributed by atoms with Crippen molar-refractivity contribution in [3.63, 3.8) is 0 Å². The van der Waals surface area contributed by atoms with Gasteiger partial charge in [0.2, 0.25) is 5.69 Å². The van der Waals surface area contributed by atoms with Crippen molar-refractivity contribution in [3.05, 3.63) is 77.9 Å². The summed E-state index contributed by atoms with van der Waals surface area (Å²) in [5.41, 5.74) is 6.23. The van der Waals surface area contributed by atoms with Crippen LogP contribution in [0.2, 0.25) is 0 Å². The highest BCUT2D eigenvalue weighted by Gasteiger charge is 2.24. The lowest BCUT2D eigenvalue weighted by molar-refractivity contribution is -0.601. The standard InChI is InChI=1S/C25H28N3/c1-17-13-19-9-7-8-10-20(19)16-28(17)23-15-21(25(3,4)5)14-22(18(23)2)24-26-11-12-27(24)6/h7-16H,1-6H3/q+1. The first-order chi connectivity index (χ1) is 13.3. The second-order valence-corrected chi connectivity index (χ2v) is 8.69. The predicted octanol–water partition coefficient (Wildman–Crippen LogP) is 5.43. The maximum absolute atomic E-state index is 4.63. The van der Waals surface area contributed by atoms with Gasteiger partial charge in [-0.15, -0.1) is 0 Å². The third-order valence-corrected chi connectivity index (χ3v) is 5.58. The number of pyridine rings is 1. The highest BCUT2D eigenvalue weighted by Crippen LogP contribution is 2.32. The quantitative estimate of drug-likeness (QED) is 0.431. The molecule has 3 nitrogen and oxygen atoms in total. The van der Waals surface area contributed by atoms with E-state index in [1.807, 2.05) is 12.4 Å². The summed E-state index contributed by atoms with van der Waals surface area (Å²) in [6.07, 6.45) is 6.13. The number of benzene rings is 2. The van der Waals surface area contributed by atoms with Crippen molar-refractivity contribution < 1.29 is 4.57 Å². The van der Waals surface area contributed by atoms with Gasteiger partial charge >= 0.3 is 0 Å². The molecule has 0 N–H and O–H groups in total. The molecule has 0 spiro atoms. The van der Waals surface area contributed by atoms with Crippen LogP contribution in [0.3, 0.4) is 0 Å². The lowest BCUT2D eigenvalue weighted by Gasteiger charge is -2.21. The van der Waals surface area contributed by atoms with E-state index in [2.05, 4.69) is 104 Å². The zero-order valence-corrected chi connectivity index (χ0v) is 17.6. The van der Waals surface area contributed by atoms with Crippen molar-refractivity contribution in [2.45, 2.75) is 40.0 Å². The molecule has 0 atom stereocenters. The lowest BCUT2D eigenvalue weighted by Crippen LogP contribution is -2.35. The molecule has 142 valence electrons. The Labute approximate surface area is 167 Å². The summed E-state index contributed by atoms with van der Waals surface area (Å²) in [6.45, 7) is 11.2. The van der Waals surface area contributed by atoms with E-state index in [0.29, 0.717) is 0 Å². The number of hydrogen-bond donors (Lipinski definition) is 0. The predicted molar refractivity (Wildman–Crippen MR) is 116 cm³/mol. The average Bonchev–Trinajstić information content (AvgIpc) is 3.06. The molecule has 0 saturated heterocycles. The maximum Gasteiger partial charge on any atom is 0.214 e. The van der Waals surface area contributed by atoms with Gasteiger partial charge in [-0.3, -0.25) is 0 Å². The monoisotopic (exact) mass is 370 g/mol. The van der Waals surface area contributed by atoms with E-state index in [9.17, 15) is 0 Å². The minimum Gasteiger partial charge on any atom is -0.334 e. The Morgan fingerprint density at radius 1 is 0.964 bits per heavy atom. The summed E-state index contributed by atoms with van der Waals surface area (Å²) in [5, 5.41) is 2.51. The van der Waals surface area contributed by atoms with Crippen molar-refractivity contribution in [1.82, 2.24) is 9.55 Å². The molecule has 0 saturated carbocycles. The Bertz CT molecular complexity index is 1180. The van der Waals surface area contributed by atoms with Gasteiger partial charge in [0.05, 0.1) is 0 Å². The van der Waals surface area contributed by atoms with E-state index in [4.69, 9.17) is 0 Å². The van der Waals surface area contributed by atoms with E-state index in [1.165, 1.54) is 38.8 Å². The molecule has 0 aliphatic heterocycles. The van der Waals surface area contributed by atoms with Crippen LogP contribution >= 0.6 is 0 Å². The molecular formula is C25H28N3+. The van der Waals surface area contributed by atoms with Gasteiger partial charge in [0.25, 0.3) is 0 Å². The van der Waals surface area contributed by atoms with Crippen LogP contribution in [0.15, 0.2) is 61.1 Å². The van der Waals surface area contributed by atoms with E-state index in [0.717, 1.165) is 5.82 Å². The fraction of sp³-hybridized carbons (Fsp3) is 0.280. The van der Waals surface area contributed by atoms with E-state index in [1.54, 1.807) is 0 Å². The molecule has 0 amide bonds. The Balaban J connectivity index is 2.04. The van der Waals surface area contributed by atoms with E-state index >= 15 is 0 Å². The molecule has 0 radical (unpaired) electrons. The summed E-state index contributed by atoms with van der Waals surface area (Å²) in [5.74, 6) is 1.00. The molecule has 0 aliphatic carbocycles. The van der Waals surface area contributed by atoms with Gasteiger partial charge in [0.1, 0.15) is 5.82 Å². The van der Waals surface area contributed by atoms with Crippen molar-refractivity contribution in [2.75, 3.05) is 0 Å². The number of imidazole rings is 1. The van der Waals surface area contributed by atoms with Crippen LogP contribution in [-0.2, 0) is 12.5 Å². The zero-order chi connectivity index (χ0) is 20.1. The normalized spacial score (nSPS) is 11.9. The van der Waals surface area contributed by atoms with Gasteiger partial charge < -0.3 is 4.57 Å². The van der Waals surface area contributed by atoms with Gasteiger partial charge in [-0.2, -0.15) is 4.57 Å². The number of hydrogen-bond acceptors (Lipinski definition) is 1. The van der Waals surface area contributed by atoms with Crippen LogP contribution in [0, 0.1) is 13.8 Å². The molecular weight excluding hydrogens is 342 g/mol. The fourth-order valence-corrected chi connectivity index (χ4v) is 3.79. The maximum atomic E-state index is 4.63. The molecule has 4 rings (SSSR count).